The predicted octanol–water partition coefficient (Wildman–Crippen LogP) is 0.525. The third-order valence-corrected chi connectivity index (χ3v) is 1.48. The van der Waals surface area contributed by atoms with Crippen molar-refractivity contribution in [2.45, 2.75) is 12.8 Å². The summed E-state index contributed by atoms with van der Waals surface area (Å²) in [4.78, 5) is 0.388. The van der Waals surface area contributed by atoms with E-state index in [0.29, 0.717) is 10.9 Å². The molecule has 0 atom stereocenters. The third kappa shape index (κ3) is 2.01. The van der Waals surface area contributed by atoms with Gasteiger partial charge in [-0.2, -0.15) is 0 Å². The van der Waals surface area contributed by atoms with Crippen LogP contribution in [0, 0.1) is 5.92 Å². The molecule has 0 amide bonds. The number of hydrogen-bond donors (Lipinski definition) is 2. The molecule has 0 radical (unpaired) electrons. The number of hydrogen-bond acceptors (Lipinski definition) is 2. The average Bonchev–Trinajstić information content (AvgIpc) is 2.40. The summed E-state index contributed by atoms with van der Waals surface area (Å²) in [5, 5.41) is 0. The first kappa shape index (κ1) is 6.55. The molecular weight excluding hydrogens is 132 g/mol. The lowest BCUT2D eigenvalue weighted by Crippen LogP contribution is -2.09. The molecule has 3 heteroatoms. The molecule has 0 unspecified atom stereocenters. The van der Waals surface area contributed by atoms with Gasteiger partial charge in [-0.05, 0) is 24.8 Å². The lowest BCUT2D eigenvalue weighted by atomic mass is 10.3. The van der Waals surface area contributed by atoms with E-state index in [1.807, 2.05) is 0 Å². The molecule has 4 N–H and O–H groups in total. The molecule has 0 spiro atoms. The van der Waals surface area contributed by atoms with Crippen molar-refractivity contribution < 1.29 is 0 Å². The summed E-state index contributed by atoms with van der Waals surface area (Å²) in [7, 11) is 0. The van der Waals surface area contributed by atoms with Crippen molar-refractivity contribution in [1.82, 2.24) is 0 Å². The number of thiocarbonyl (C=S) groups is 1. The van der Waals surface area contributed by atoms with Gasteiger partial charge in [-0.1, -0.05) is 12.2 Å². The van der Waals surface area contributed by atoms with Crippen LogP contribution in [0.2, 0.25) is 0 Å². The van der Waals surface area contributed by atoms with Gasteiger partial charge in [-0.3, -0.25) is 0 Å². The smallest absolute Gasteiger partial charge is 0.0979 e. The SMILES string of the molecule is NC(=S)/C=C(/N)C1CC1. The monoisotopic (exact) mass is 142 g/mol. The Hall–Kier alpha value is -0.570. The summed E-state index contributed by atoms with van der Waals surface area (Å²) in [6.07, 6.45) is 4.07. The molecule has 2 nitrogen and oxygen atoms in total. The minimum absolute atomic E-state index is 0.388. The molecule has 0 aromatic heterocycles. The lowest BCUT2D eigenvalue weighted by Gasteiger charge is -1.93. The third-order valence-electron chi connectivity index (χ3n) is 1.36. The van der Waals surface area contributed by atoms with Gasteiger partial charge in [-0.15, -0.1) is 0 Å². The Bertz CT molecular complexity index is 158. The molecule has 1 fully saturated rings. The molecule has 1 aliphatic carbocycles. The van der Waals surface area contributed by atoms with Gasteiger partial charge < -0.3 is 11.5 Å². The molecule has 1 rings (SSSR count). The van der Waals surface area contributed by atoms with E-state index >= 15 is 0 Å². The Morgan fingerprint density at radius 2 is 2.00 bits per heavy atom. The first-order valence-corrected chi connectivity index (χ1v) is 3.37. The van der Waals surface area contributed by atoms with Crippen LogP contribution in [-0.4, -0.2) is 4.99 Å². The van der Waals surface area contributed by atoms with Crippen molar-refractivity contribution in [1.29, 1.82) is 0 Å². The van der Waals surface area contributed by atoms with E-state index in [1.165, 1.54) is 12.8 Å². The van der Waals surface area contributed by atoms with Crippen LogP contribution in [0.3, 0.4) is 0 Å². The van der Waals surface area contributed by atoms with Crippen molar-refractivity contribution in [3.63, 3.8) is 0 Å². The fourth-order valence-corrected chi connectivity index (χ4v) is 0.835. The zero-order chi connectivity index (χ0) is 6.85. The maximum Gasteiger partial charge on any atom is 0.0979 e. The second-order valence-electron chi connectivity index (χ2n) is 2.32. The van der Waals surface area contributed by atoms with Crippen LogP contribution in [-0.2, 0) is 0 Å². The summed E-state index contributed by atoms with van der Waals surface area (Å²) in [5.74, 6) is 0.575. The van der Waals surface area contributed by atoms with Gasteiger partial charge in [0.1, 0.15) is 0 Å². The highest BCUT2D eigenvalue weighted by Crippen LogP contribution is 2.33. The molecule has 0 saturated heterocycles. The molecule has 0 aliphatic heterocycles. The van der Waals surface area contributed by atoms with Crippen LogP contribution in [0.15, 0.2) is 11.8 Å². The van der Waals surface area contributed by atoms with Crippen LogP contribution in [0.1, 0.15) is 12.8 Å². The van der Waals surface area contributed by atoms with Crippen molar-refractivity contribution >= 4 is 17.2 Å². The molecule has 50 valence electrons. The standard InChI is InChI=1S/C6H10N2S/c7-5(3-6(8)9)4-1-2-4/h3-4H,1-2,7H2,(H2,8,9)/b5-3+. The van der Waals surface area contributed by atoms with Crippen LogP contribution in [0.5, 0.6) is 0 Å². The summed E-state index contributed by atoms with van der Waals surface area (Å²) in [6.45, 7) is 0. The normalized spacial score (nSPS) is 19.8. The van der Waals surface area contributed by atoms with Gasteiger partial charge in [0.05, 0.1) is 4.99 Å². The van der Waals surface area contributed by atoms with Crippen LogP contribution < -0.4 is 11.5 Å². The Labute approximate surface area is 59.9 Å². The van der Waals surface area contributed by atoms with Crippen LogP contribution in [0.25, 0.3) is 0 Å². The van der Waals surface area contributed by atoms with Crippen molar-refractivity contribution in [3.8, 4) is 0 Å². The maximum absolute atomic E-state index is 5.57. The van der Waals surface area contributed by atoms with Gasteiger partial charge in [0.25, 0.3) is 0 Å². The Kier molecular flexibility index (Phi) is 1.71. The molecular formula is C6H10N2S. The minimum Gasteiger partial charge on any atom is -0.402 e. The summed E-state index contributed by atoms with van der Waals surface area (Å²) < 4.78 is 0. The van der Waals surface area contributed by atoms with E-state index in [9.17, 15) is 0 Å². The van der Waals surface area contributed by atoms with E-state index in [4.69, 9.17) is 11.5 Å². The largest absolute Gasteiger partial charge is 0.402 e. The van der Waals surface area contributed by atoms with Gasteiger partial charge >= 0.3 is 0 Å². The highest BCUT2D eigenvalue weighted by Gasteiger charge is 2.23. The second kappa shape index (κ2) is 2.35. The zero-order valence-corrected chi connectivity index (χ0v) is 5.95. The average molecular weight is 142 g/mol. The zero-order valence-electron chi connectivity index (χ0n) is 5.13. The van der Waals surface area contributed by atoms with Crippen molar-refractivity contribution in [3.05, 3.63) is 11.8 Å². The lowest BCUT2D eigenvalue weighted by molar-refractivity contribution is 0.984. The minimum atomic E-state index is 0.388. The quantitative estimate of drug-likeness (QED) is 0.436. The highest BCUT2D eigenvalue weighted by atomic mass is 32.1. The molecule has 0 heterocycles. The first-order valence-electron chi connectivity index (χ1n) is 2.96. The van der Waals surface area contributed by atoms with Crippen molar-refractivity contribution in [2.75, 3.05) is 0 Å². The molecule has 1 aliphatic rings. The fraction of sp³-hybridized carbons (Fsp3) is 0.500. The van der Waals surface area contributed by atoms with Gasteiger partial charge in [0, 0.05) is 5.70 Å². The van der Waals surface area contributed by atoms with E-state index in [2.05, 4.69) is 12.2 Å². The van der Waals surface area contributed by atoms with E-state index < -0.39 is 0 Å². The molecule has 0 aromatic rings. The second-order valence-corrected chi connectivity index (χ2v) is 2.79. The maximum atomic E-state index is 5.57. The summed E-state index contributed by atoms with van der Waals surface area (Å²) in [6, 6.07) is 0. The molecule has 1 saturated carbocycles. The Morgan fingerprint density at radius 3 is 2.33 bits per heavy atom. The molecule has 9 heavy (non-hydrogen) atoms. The number of rotatable bonds is 2. The summed E-state index contributed by atoms with van der Waals surface area (Å²) in [5.41, 5.74) is 11.7. The van der Waals surface area contributed by atoms with Gasteiger partial charge in [-0.25, -0.2) is 0 Å². The fourth-order valence-electron chi connectivity index (χ4n) is 0.699. The van der Waals surface area contributed by atoms with Crippen LogP contribution >= 0.6 is 12.2 Å². The molecule has 0 bridgehead atoms. The molecule has 0 aromatic carbocycles. The first-order chi connectivity index (χ1) is 4.20. The van der Waals surface area contributed by atoms with Gasteiger partial charge in [0.2, 0.25) is 0 Å². The van der Waals surface area contributed by atoms with E-state index in [-0.39, 0.29) is 0 Å². The predicted molar refractivity (Wildman–Crippen MR) is 41.8 cm³/mol. The summed E-state index contributed by atoms with van der Waals surface area (Å²) >= 11 is 4.64. The Balaban J connectivity index is 2.47. The Morgan fingerprint density at radius 1 is 1.44 bits per heavy atom. The van der Waals surface area contributed by atoms with Crippen LogP contribution in [0.4, 0.5) is 0 Å². The van der Waals surface area contributed by atoms with Gasteiger partial charge in [0.15, 0.2) is 0 Å². The topological polar surface area (TPSA) is 52.0 Å². The van der Waals surface area contributed by atoms with E-state index in [0.717, 1.165) is 5.70 Å². The number of allylic oxidation sites excluding steroid dienone is 1. The number of nitrogens with two attached hydrogens (primary N) is 2. The highest BCUT2D eigenvalue weighted by molar-refractivity contribution is 7.80. The van der Waals surface area contributed by atoms with Crippen molar-refractivity contribution in [2.24, 2.45) is 17.4 Å². The van der Waals surface area contributed by atoms with E-state index in [1.54, 1.807) is 6.08 Å².